The second-order valence-corrected chi connectivity index (χ2v) is 27.4. The molecule has 470 valence electrons. The van der Waals surface area contributed by atoms with Gasteiger partial charge in [0.25, 0.3) is 10.1 Å². The lowest BCUT2D eigenvalue weighted by atomic mass is 9.74. The summed E-state index contributed by atoms with van der Waals surface area (Å²) in [6.45, 7) is 9.16. The average Bonchev–Trinajstić information content (AvgIpc) is 1.63. The van der Waals surface area contributed by atoms with Crippen molar-refractivity contribution in [1.82, 2.24) is 0 Å². The van der Waals surface area contributed by atoms with Crippen molar-refractivity contribution in [3.63, 3.8) is 0 Å². The van der Waals surface area contributed by atoms with Crippen molar-refractivity contribution in [3.05, 3.63) is 95.7 Å². The number of fused-ring (bicyclic) bond motifs is 6. The predicted molar refractivity (Wildman–Crippen MR) is 306 cm³/mol. The van der Waals surface area contributed by atoms with E-state index in [9.17, 15) is 74.8 Å². The van der Waals surface area contributed by atoms with Crippen LogP contribution in [0.1, 0.15) is 76.8 Å². The van der Waals surface area contributed by atoms with Gasteiger partial charge in [-0.2, -0.15) is 13.0 Å². The SMILES string of the molecule is CCN1C(=CC=CC=CC2=[N+](CCCCCC(=O)O)c3ccc4c(S(=O)(=O)[O-])cc(S(=O)(=O)[O-])cc4c3C2(C)CCCS(=O)(=O)O)C(C)(CCOCCOCCOCCOCCOCCOC)c2c1ccc1c(S(=O)(=O)[O-])cc(S(=O)(=O)[O-])cc21. The van der Waals surface area contributed by atoms with Crippen molar-refractivity contribution in [2.45, 2.75) is 96.1 Å². The van der Waals surface area contributed by atoms with E-state index in [1.807, 2.05) is 18.7 Å². The number of hydrogen-bond acceptors (Lipinski definition) is 22. The van der Waals surface area contributed by atoms with E-state index in [-0.39, 0.29) is 92.4 Å². The quantitative estimate of drug-likeness (QED) is 0.0256. The first-order valence-corrected chi connectivity index (χ1v) is 34.2. The largest absolute Gasteiger partial charge is 0.744 e. The number of unbranched alkanes of at least 4 members (excludes halogenated alkanes) is 2. The standard InChI is InChI=1S/C55H72N2O23S5/c1-5-56-45-18-16-41-43(35-39(82(63,64)65)37-47(41)84(69,70)71)52(45)55(3,21-23-76-26-27-78-30-31-80-33-32-79-29-28-77-25-24-75-4)49(56)13-8-6-9-14-50-54(2,20-12-34-81(60,61)62)53-44-36-40(83(66,67)68)38-48(85(72,73)74)42(44)17-19-46(53)57(50)22-11-7-10-15-51(58)59/h6,8-9,13-14,16-19,35-38H,5,7,10-12,15,20-34H2,1-4H3,(H5-,58,59,60,61,62,63,64,65,66,67,68,69,70,71,72,73,74)/p-3. The number of carbonyl (C=O) groups is 1. The third-order valence-corrected chi connectivity index (χ3v) is 18.9. The lowest BCUT2D eigenvalue weighted by molar-refractivity contribution is -0.438. The Kier molecular flexibility index (Phi) is 23.7. The molecule has 0 spiro atoms. The summed E-state index contributed by atoms with van der Waals surface area (Å²) in [5.41, 5.74) is -0.0423. The Morgan fingerprint density at radius 1 is 0.588 bits per heavy atom. The van der Waals surface area contributed by atoms with Crippen LogP contribution in [0.4, 0.5) is 11.4 Å². The van der Waals surface area contributed by atoms with Crippen LogP contribution in [0.5, 0.6) is 0 Å². The van der Waals surface area contributed by atoms with Crippen molar-refractivity contribution in [1.29, 1.82) is 0 Å². The molecular weight excluding hydrogens is 1220 g/mol. The molecule has 2 aliphatic heterocycles. The highest BCUT2D eigenvalue weighted by Gasteiger charge is 2.49. The minimum Gasteiger partial charge on any atom is -0.744 e. The first-order valence-electron chi connectivity index (χ1n) is 27.0. The van der Waals surface area contributed by atoms with Crippen LogP contribution in [-0.2, 0) is 94.6 Å². The van der Waals surface area contributed by atoms with Crippen LogP contribution >= 0.6 is 0 Å². The Labute approximate surface area is 495 Å². The third-order valence-electron chi connectivity index (χ3n) is 14.7. The van der Waals surface area contributed by atoms with E-state index in [4.69, 9.17) is 28.4 Å². The summed E-state index contributed by atoms with van der Waals surface area (Å²) in [5, 5.41) is 8.88. The molecule has 4 aromatic carbocycles. The van der Waals surface area contributed by atoms with Crippen LogP contribution in [0, 0.1) is 0 Å². The maximum Gasteiger partial charge on any atom is 0.303 e. The smallest absolute Gasteiger partial charge is 0.303 e. The van der Waals surface area contributed by atoms with Gasteiger partial charge in [0.1, 0.15) is 47.0 Å². The summed E-state index contributed by atoms with van der Waals surface area (Å²) >= 11 is 0. The summed E-state index contributed by atoms with van der Waals surface area (Å²) in [5.74, 6) is -1.74. The Bertz CT molecular complexity index is 3810. The van der Waals surface area contributed by atoms with Crippen molar-refractivity contribution in [3.8, 4) is 0 Å². The number of likely N-dealkylation sites (N-methyl/N-ethyl adjacent to an activating group) is 1. The molecule has 4 aromatic rings. The van der Waals surface area contributed by atoms with Gasteiger partial charge in [0.05, 0.1) is 96.8 Å². The predicted octanol–water partition coefficient (Wildman–Crippen LogP) is 5.19. The van der Waals surface area contributed by atoms with E-state index in [2.05, 4.69) is 0 Å². The number of methoxy groups -OCH3 is 1. The molecule has 2 unspecified atom stereocenters. The molecular formula is C55H69N2O23S5-3. The van der Waals surface area contributed by atoms with E-state index < -0.39 is 92.7 Å². The molecule has 0 bridgehead atoms. The summed E-state index contributed by atoms with van der Waals surface area (Å²) < 4.78 is 220. The Morgan fingerprint density at radius 3 is 1.58 bits per heavy atom. The molecule has 0 radical (unpaired) electrons. The molecule has 6 rings (SSSR count). The molecule has 0 aliphatic carbocycles. The third kappa shape index (κ3) is 17.6. The van der Waals surface area contributed by atoms with Gasteiger partial charge in [-0.25, -0.2) is 33.7 Å². The van der Waals surface area contributed by atoms with Crippen LogP contribution in [-0.4, -0.2) is 185 Å². The molecule has 0 aromatic heterocycles. The molecule has 0 saturated heterocycles. The van der Waals surface area contributed by atoms with Crippen LogP contribution in [0.25, 0.3) is 21.5 Å². The topological polar surface area (TPSA) is 382 Å². The Balaban J connectivity index is 1.38. The summed E-state index contributed by atoms with van der Waals surface area (Å²) in [7, 11) is -24.5. The highest BCUT2D eigenvalue weighted by molar-refractivity contribution is 7.87. The Morgan fingerprint density at radius 2 is 1.09 bits per heavy atom. The average molecular weight is 1290 g/mol. The normalized spacial score (nSPS) is 18.3. The van der Waals surface area contributed by atoms with Gasteiger partial charge in [0.15, 0.2) is 5.71 Å². The summed E-state index contributed by atoms with van der Waals surface area (Å²) in [6, 6.07) is 8.78. The van der Waals surface area contributed by atoms with E-state index >= 15 is 0 Å². The van der Waals surface area contributed by atoms with Gasteiger partial charge in [-0.3, -0.25) is 9.35 Å². The van der Waals surface area contributed by atoms with E-state index in [1.165, 1.54) is 18.2 Å². The van der Waals surface area contributed by atoms with Crippen molar-refractivity contribution in [2.75, 3.05) is 104 Å². The minimum atomic E-state index is -5.42. The highest BCUT2D eigenvalue weighted by atomic mass is 32.2. The maximum atomic E-state index is 12.7. The number of anilines is 1. The highest BCUT2D eigenvalue weighted by Crippen LogP contribution is 2.54. The number of aliphatic carboxylic acids is 1. The van der Waals surface area contributed by atoms with E-state index in [1.54, 1.807) is 55.1 Å². The first-order chi connectivity index (χ1) is 39.9. The zero-order valence-electron chi connectivity index (χ0n) is 47.3. The van der Waals surface area contributed by atoms with Gasteiger partial charge in [0.2, 0.25) is 5.69 Å². The number of carboxylic acid groups (broad SMARTS) is 1. The number of hydrogen-bond donors (Lipinski definition) is 2. The molecule has 0 fully saturated rings. The van der Waals surface area contributed by atoms with E-state index in [0.717, 1.165) is 12.1 Å². The molecule has 2 aliphatic rings. The molecule has 25 nitrogen and oxygen atoms in total. The second-order valence-electron chi connectivity index (χ2n) is 20.4. The molecule has 85 heavy (non-hydrogen) atoms. The second kappa shape index (κ2) is 29.2. The lowest BCUT2D eigenvalue weighted by Gasteiger charge is -2.30. The maximum absolute atomic E-state index is 12.7. The number of allylic oxidation sites excluding steroid dienone is 6. The number of rotatable bonds is 36. The van der Waals surface area contributed by atoms with Crippen molar-refractivity contribution < 1.29 is 108 Å². The van der Waals surface area contributed by atoms with E-state index in [0.29, 0.717) is 106 Å². The summed E-state index contributed by atoms with van der Waals surface area (Å²) in [4.78, 5) is 9.43. The van der Waals surface area contributed by atoms with Crippen molar-refractivity contribution in [2.24, 2.45) is 0 Å². The number of ether oxygens (including phenoxy) is 6. The van der Waals surface area contributed by atoms with Gasteiger partial charge in [-0.1, -0.05) is 24.3 Å². The lowest BCUT2D eigenvalue weighted by Crippen LogP contribution is -2.32. The van der Waals surface area contributed by atoms with Crippen LogP contribution < -0.4 is 4.90 Å². The number of nitrogens with zero attached hydrogens (tertiary/aromatic N) is 2. The molecule has 0 amide bonds. The molecule has 2 heterocycles. The number of benzene rings is 4. The zero-order valence-corrected chi connectivity index (χ0v) is 51.3. The monoisotopic (exact) mass is 1290 g/mol. The molecule has 0 saturated carbocycles. The van der Waals surface area contributed by atoms with Crippen LogP contribution in [0.2, 0.25) is 0 Å². The zero-order chi connectivity index (χ0) is 62.6. The van der Waals surface area contributed by atoms with Gasteiger partial charge >= 0.3 is 5.97 Å². The fourth-order valence-corrected chi connectivity index (χ4v) is 14.0. The van der Waals surface area contributed by atoms with Crippen LogP contribution in [0.3, 0.4) is 0 Å². The molecule has 30 heteroatoms. The fourth-order valence-electron chi connectivity index (χ4n) is 10.9. The Hall–Kier alpha value is -5.13. The van der Waals surface area contributed by atoms with Gasteiger partial charge in [0, 0.05) is 73.0 Å². The molecule has 2 N–H and O–H groups in total. The minimum absolute atomic E-state index is 0.0159. The number of carboxylic acids is 1. The summed E-state index contributed by atoms with van der Waals surface area (Å²) in [6.07, 6.45) is 9.13. The van der Waals surface area contributed by atoms with Crippen LogP contribution in [0.15, 0.2) is 104 Å². The van der Waals surface area contributed by atoms with Gasteiger partial charge in [-0.05, 0) is 117 Å². The van der Waals surface area contributed by atoms with Crippen molar-refractivity contribution >= 4 is 95.2 Å². The fraction of sp³-hybridized carbons (Fsp3) is 0.491. The molecule has 2 atom stereocenters. The van der Waals surface area contributed by atoms with Gasteiger partial charge in [-0.15, -0.1) is 0 Å². The van der Waals surface area contributed by atoms with Gasteiger partial charge < -0.3 is 56.6 Å². The first kappa shape index (κ1) is 69.0.